The number of halogens is 6. The Morgan fingerprint density at radius 3 is 2.08 bits per heavy atom. The number of hydrogen-bond donors (Lipinski definition) is 2. The SMILES string of the molecule is CCOC(=O)[C@]12CCCN(Cc3ccco3)C[C@H]1CN(C(C)C)C2.O=C(O)C(F)(F)F.O=C(O)C(F)(F)F. The van der Waals surface area contributed by atoms with E-state index in [0.29, 0.717) is 18.6 Å². The van der Waals surface area contributed by atoms with Gasteiger partial charge < -0.3 is 19.4 Å². The zero-order valence-corrected chi connectivity index (χ0v) is 21.1. The van der Waals surface area contributed by atoms with Gasteiger partial charge in [0.15, 0.2) is 0 Å². The van der Waals surface area contributed by atoms with E-state index in [9.17, 15) is 31.1 Å². The fourth-order valence-electron chi connectivity index (χ4n) is 4.32. The number of alkyl halides is 6. The van der Waals surface area contributed by atoms with Crippen LogP contribution in [-0.4, -0.2) is 89.1 Å². The summed E-state index contributed by atoms with van der Waals surface area (Å²) in [6.07, 6.45) is -6.48. The van der Waals surface area contributed by atoms with Crippen LogP contribution < -0.4 is 0 Å². The molecule has 0 amide bonds. The highest BCUT2D eigenvalue weighted by Gasteiger charge is 2.54. The third kappa shape index (κ3) is 9.82. The maximum atomic E-state index is 12.9. The number of ether oxygens (including phenoxy) is 1. The van der Waals surface area contributed by atoms with Crippen molar-refractivity contribution in [3.63, 3.8) is 0 Å². The molecule has 2 atom stereocenters. The highest BCUT2D eigenvalue weighted by Crippen LogP contribution is 2.44. The molecule has 15 heteroatoms. The highest BCUT2D eigenvalue weighted by molar-refractivity contribution is 5.78. The number of carboxylic acid groups (broad SMARTS) is 2. The van der Waals surface area contributed by atoms with Gasteiger partial charge in [0.1, 0.15) is 5.76 Å². The average Bonchev–Trinajstić information content (AvgIpc) is 3.39. The molecule has 0 spiro atoms. The largest absolute Gasteiger partial charge is 0.490 e. The summed E-state index contributed by atoms with van der Waals surface area (Å²) in [6, 6.07) is 4.42. The van der Waals surface area contributed by atoms with Crippen LogP contribution in [0.5, 0.6) is 0 Å². The number of carboxylic acids is 2. The highest BCUT2D eigenvalue weighted by atomic mass is 19.4. The van der Waals surface area contributed by atoms with Gasteiger partial charge in [0.25, 0.3) is 0 Å². The number of carbonyl (C=O) groups excluding carboxylic acids is 1. The molecule has 2 N–H and O–H groups in total. The van der Waals surface area contributed by atoms with E-state index in [2.05, 4.69) is 23.6 Å². The molecule has 0 aliphatic carbocycles. The second-order valence-electron chi connectivity index (χ2n) is 9.12. The van der Waals surface area contributed by atoms with E-state index in [-0.39, 0.29) is 11.4 Å². The van der Waals surface area contributed by atoms with Gasteiger partial charge >= 0.3 is 30.3 Å². The van der Waals surface area contributed by atoms with Crippen molar-refractivity contribution in [2.24, 2.45) is 11.3 Å². The lowest BCUT2D eigenvalue weighted by atomic mass is 9.75. The van der Waals surface area contributed by atoms with Gasteiger partial charge in [-0.1, -0.05) is 0 Å². The monoisotopic (exact) mass is 562 g/mol. The fourth-order valence-corrected chi connectivity index (χ4v) is 4.32. The Balaban J connectivity index is 0.000000426. The number of fused-ring (bicyclic) bond motifs is 1. The van der Waals surface area contributed by atoms with Crippen molar-refractivity contribution in [1.29, 1.82) is 0 Å². The quantitative estimate of drug-likeness (QED) is 0.405. The molecule has 9 nitrogen and oxygen atoms in total. The molecule has 0 unspecified atom stereocenters. The Kier molecular flexibility index (Phi) is 12.1. The van der Waals surface area contributed by atoms with Gasteiger partial charge in [0.2, 0.25) is 0 Å². The Morgan fingerprint density at radius 2 is 1.66 bits per heavy atom. The van der Waals surface area contributed by atoms with Crippen LogP contribution in [0.15, 0.2) is 22.8 Å². The first kappa shape index (κ1) is 33.2. The summed E-state index contributed by atoms with van der Waals surface area (Å²) in [5, 5.41) is 14.2. The molecule has 3 rings (SSSR count). The van der Waals surface area contributed by atoms with Crippen LogP contribution >= 0.6 is 0 Å². The van der Waals surface area contributed by atoms with Crippen LogP contribution in [0.2, 0.25) is 0 Å². The summed E-state index contributed by atoms with van der Waals surface area (Å²) in [5.41, 5.74) is -0.335. The van der Waals surface area contributed by atoms with Crippen LogP contribution in [0.4, 0.5) is 26.3 Å². The normalized spacial score (nSPS) is 22.3. The van der Waals surface area contributed by atoms with Crippen molar-refractivity contribution in [3.8, 4) is 0 Å². The average molecular weight is 563 g/mol. The first-order valence-electron chi connectivity index (χ1n) is 11.7. The van der Waals surface area contributed by atoms with E-state index in [0.717, 1.165) is 51.3 Å². The zero-order valence-electron chi connectivity index (χ0n) is 21.1. The van der Waals surface area contributed by atoms with Gasteiger partial charge in [-0.15, -0.1) is 0 Å². The summed E-state index contributed by atoms with van der Waals surface area (Å²) in [5.74, 6) is -4.17. The Labute approximate surface area is 215 Å². The number of aliphatic carboxylic acids is 2. The van der Waals surface area contributed by atoms with E-state index in [1.165, 1.54) is 0 Å². The second-order valence-corrected chi connectivity index (χ2v) is 9.12. The minimum Gasteiger partial charge on any atom is -0.475 e. The van der Waals surface area contributed by atoms with Crippen LogP contribution in [0.1, 0.15) is 39.4 Å². The topological polar surface area (TPSA) is 121 Å². The first-order valence-corrected chi connectivity index (χ1v) is 11.7. The molecule has 2 saturated heterocycles. The van der Waals surface area contributed by atoms with Crippen molar-refractivity contribution < 1.29 is 60.1 Å². The molecule has 2 fully saturated rings. The molecule has 1 aromatic heterocycles. The number of nitrogens with zero attached hydrogens (tertiary/aromatic N) is 2. The van der Waals surface area contributed by atoms with Gasteiger partial charge in [-0.2, -0.15) is 26.3 Å². The van der Waals surface area contributed by atoms with Gasteiger partial charge in [-0.3, -0.25) is 14.6 Å². The van der Waals surface area contributed by atoms with Gasteiger partial charge in [0, 0.05) is 31.6 Å². The lowest BCUT2D eigenvalue weighted by Crippen LogP contribution is -2.42. The second kappa shape index (κ2) is 13.8. The third-order valence-electron chi connectivity index (χ3n) is 6.15. The smallest absolute Gasteiger partial charge is 0.475 e. The van der Waals surface area contributed by atoms with Gasteiger partial charge in [-0.05, 0) is 52.3 Å². The number of likely N-dealkylation sites (tertiary alicyclic amines) is 2. The van der Waals surface area contributed by atoms with Crippen LogP contribution in [0.25, 0.3) is 0 Å². The summed E-state index contributed by atoms with van der Waals surface area (Å²) in [4.78, 5) is 35.5. The molecule has 3 heterocycles. The molecular formula is C23H32F6N2O7. The molecule has 0 bridgehead atoms. The van der Waals surface area contributed by atoms with Crippen molar-refractivity contribution in [2.75, 3.05) is 32.8 Å². The third-order valence-corrected chi connectivity index (χ3v) is 6.15. The summed E-state index contributed by atoms with van der Waals surface area (Å²) in [7, 11) is 0. The van der Waals surface area contributed by atoms with E-state index < -0.39 is 24.3 Å². The molecule has 0 saturated carbocycles. The van der Waals surface area contributed by atoms with Crippen LogP contribution in [0, 0.1) is 11.3 Å². The Morgan fingerprint density at radius 1 is 1.11 bits per heavy atom. The predicted octanol–water partition coefficient (Wildman–Crippen LogP) is 4.03. The van der Waals surface area contributed by atoms with E-state index in [1.54, 1.807) is 6.26 Å². The summed E-state index contributed by atoms with van der Waals surface area (Å²) in [6.45, 7) is 11.4. The molecule has 0 radical (unpaired) electrons. The molecule has 2 aliphatic rings. The molecule has 1 aromatic rings. The zero-order chi connectivity index (χ0) is 29.3. The lowest BCUT2D eigenvalue weighted by Gasteiger charge is -2.31. The van der Waals surface area contributed by atoms with Crippen molar-refractivity contribution in [3.05, 3.63) is 24.2 Å². The van der Waals surface area contributed by atoms with Crippen LogP contribution in [0.3, 0.4) is 0 Å². The van der Waals surface area contributed by atoms with Crippen molar-refractivity contribution in [2.45, 2.75) is 58.6 Å². The van der Waals surface area contributed by atoms with E-state index >= 15 is 0 Å². The number of rotatable bonds is 5. The fraction of sp³-hybridized carbons (Fsp3) is 0.696. The summed E-state index contributed by atoms with van der Waals surface area (Å²) >= 11 is 0. The Hall–Kier alpha value is -2.81. The number of furan rings is 1. The van der Waals surface area contributed by atoms with Crippen molar-refractivity contribution >= 4 is 17.9 Å². The number of hydrogen-bond acceptors (Lipinski definition) is 7. The molecule has 38 heavy (non-hydrogen) atoms. The number of carbonyl (C=O) groups is 3. The minimum absolute atomic E-state index is 0.0120. The van der Waals surface area contributed by atoms with E-state index in [4.69, 9.17) is 29.0 Å². The maximum Gasteiger partial charge on any atom is 0.490 e. The number of esters is 1. The molecular weight excluding hydrogens is 530 g/mol. The molecule has 0 aromatic carbocycles. The lowest BCUT2D eigenvalue weighted by molar-refractivity contribution is -0.193. The molecule has 218 valence electrons. The maximum absolute atomic E-state index is 12.9. The Bertz CT molecular complexity index is 881. The predicted molar refractivity (Wildman–Crippen MR) is 120 cm³/mol. The minimum atomic E-state index is -5.08. The van der Waals surface area contributed by atoms with Gasteiger partial charge in [0.05, 0.1) is 24.8 Å². The molecule has 2 aliphatic heterocycles. The van der Waals surface area contributed by atoms with Crippen molar-refractivity contribution in [1.82, 2.24) is 9.80 Å². The standard InChI is InChI=1S/C19H30N2O3.2C2HF3O2/c1-4-23-18(22)19-8-6-9-20(13-17-7-5-10-24-17)11-16(19)12-21(14-19)15(2)3;2*3-2(4,5)1(6)7/h5,7,10,15-16H,4,6,8-9,11-14H2,1-3H3;2*(H,6,7)/t16-,19-;;/m0../s1. The van der Waals surface area contributed by atoms with Gasteiger partial charge in [-0.25, -0.2) is 9.59 Å². The van der Waals surface area contributed by atoms with Crippen LogP contribution in [-0.2, 0) is 25.7 Å². The summed E-state index contributed by atoms with van der Waals surface area (Å²) < 4.78 is 74.5. The van der Waals surface area contributed by atoms with E-state index in [1.807, 2.05) is 19.1 Å². The first-order chi connectivity index (χ1) is 17.4.